The van der Waals surface area contributed by atoms with Crippen LogP contribution < -0.4 is 31.9 Å². The van der Waals surface area contributed by atoms with Gasteiger partial charge in [-0.15, -0.1) is 0 Å². The van der Waals surface area contributed by atoms with Gasteiger partial charge in [0.15, 0.2) is 0 Å². The number of amides is 1. The average Bonchev–Trinajstić information content (AvgIpc) is 3.20. The van der Waals surface area contributed by atoms with Crippen LogP contribution in [0.4, 0.5) is 5.82 Å². The second-order valence-electron chi connectivity index (χ2n) is 9.72. The number of nitrogens with one attached hydrogen (secondary N) is 1. The van der Waals surface area contributed by atoms with E-state index in [1.807, 2.05) is 78.7 Å². The summed E-state index contributed by atoms with van der Waals surface area (Å²) in [6.07, 6.45) is 5.24. The Labute approximate surface area is 205 Å². The molecule has 3 heterocycles. The Kier molecular flexibility index (Phi) is 6.19. The molecule has 0 radical (unpaired) electrons. The van der Waals surface area contributed by atoms with Crippen LogP contribution in [0.2, 0.25) is 0 Å². The van der Waals surface area contributed by atoms with Gasteiger partial charge in [-0.1, -0.05) is 21.9 Å². The molecule has 4 rings (SSSR count). The summed E-state index contributed by atoms with van der Waals surface area (Å²) in [5.74, 6) is 1.10. The third kappa shape index (κ3) is 4.54. The van der Waals surface area contributed by atoms with Crippen molar-refractivity contribution in [3.05, 3.63) is 42.5 Å². The lowest BCUT2D eigenvalue weighted by molar-refractivity contribution is 0.102. The molecule has 0 saturated heterocycles. The zero-order valence-corrected chi connectivity index (χ0v) is 21.1. The van der Waals surface area contributed by atoms with Crippen LogP contribution in [0.3, 0.4) is 0 Å². The van der Waals surface area contributed by atoms with Crippen molar-refractivity contribution in [2.24, 2.45) is 7.05 Å². The lowest BCUT2D eigenvalue weighted by atomic mass is 9.52. The number of nitrogens with zero attached hydrogens (tertiary/aromatic N) is 4. The largest absolute Gasteiger partial charge is 0.515 e. The van der Waals surface area contributed by atoms with E-state index in [-0.39, 0.29) is 11.2 Å². The molecular formula is C20H24B7N5O2. The standard InChI is InChI=1S/C20H24B7N5O2/c1-32-7-28-6-11(32)9-3-2-8-5-29-12(4-10(8)30-9)31-19(33)13-14(21)16(23)18(17(24)15(13)22)34-20(25,26)27/h2-7H,21-27H2,1H3,(H,29,31,33). The van der Waals surface area contributed by atoms with Gasteiger partial charge in [-0.25, -0.2) is 15.0 Å². The molecule has 0 spiro atoms. The molecule has 0 fully saturated rings. The van der Waals surface area contributed by atoms with Crippen LogP contribution >= 0.6 is 0 Å². The first-order valence-electron chi connectivity index (χ1n) is 11.3. The minimum atomic E-state index is -0.325. The Bertz CT molecular complexity index is 1410. The lowest BCUT2D eigenvalue weighted by Gasteiger charge is -2.28. The number of imidazole rings is 1. The van der Waals surface area contributed by atoms with Gasteiger partial charge in [0.1, 0.15) is 66.5 Å². The number of fused-ring (bicyclic) bond motifs is 1. The molecule has 0 aliphatic heterocycles. The number of carbonyl (C=O) groups is 1. The number of aromatic nitrogens is 4. The number of benzene rings is 1. The first kappa shape index (κ1) is 23.9. The van der Waals surface area contributed by atoms with E-state index >= 15 is 0 Å². The molecule has 0 atom stereocenters. The number of pyridine rings is 2. The Morgan fingerprint density at radius 2 is 1.71 bits per heavy atom. The monoisotopic (exact) mass is 443 g/mol. The van der Waals surface area contributed by atoms with Crippen LogP contribution in [-0.2, 0) is 7.05 Å². The summed E-state index contributed by atoms with van der Waals surface area (Å²) in [4.78, 5) is 26.7. The highest BCUT2D eigenvalue weighted by molar-refractivity contribution is 6.62. The number of carbonyl (C=O) groups excluding carboxylic acids is 1. The van der Waals surface area contributed by atoms with Crippen molar-refractivity contribution in [3.63, 3.8) is 0 Å². The second-order valence-corrected chi connectivity index (χ2v) is 9.72. The number of aryl methyl sites for hydroxylation is 1. The topological polar surface area (TPSA) is 81.9 Å². The summed E-state index contributed by atoms with van der Waals surface area (Å²) in [6.45, 7) is 0. The van der Waals surface area contributed by atoms with Gasteiger partial charge in [0, 0.05) is 35.6 Å². The number of hydrogen-bond donors (Lipinski definition) is 1. The first-order chi connectivity index (χ1) is 16.0. The molecule has 0 aliphatic rings. The Morgan fingerprint density at radius 1 is 1.03 bits per heavy atom. The molecule has 1 aromatic carbocycles. The van der Waals surface area contributed by atoms with E-state index in [0.29, 0.717) is 11.4 Å². The number of rotatable bonds is 5. The molecule has 0 saturated carbocycles. The summed E-state index contributed by atoms with van der Waals surface area (Å²) in [7, 11) is 15.9. The number of ether oxygens (including phenoxy) is 1. The van der Waals surface area contributed by atoms with Crippen molar-refractivity contribution in [3.8, 4) is 17.1 Å². The fourth-order valence-corrected chi connectivity index (χ4v) is 4.09. The van der Waals surface area contributed by atoms with Gasteiger partial charge in [-0.05, 0) is 12.1 Å². The van der Waals surface area contributed by atoms with Crippen molar-refractivity contribution >= 4 is 99.4 Å². The van der Waals surface area contributed by atoms with Crippen LogP contribution in [0, 0.1) is 0 Å². The maximum atomic E-state index is 13.4. The van der Waals surface area contributed by atoms with E-state index in [1.54, 1.807) is 24.8 Å². The van der Waals surface area contributed by atoms with Crippen LogP contribution in [0.15, 0.2) is 36.9 Å². The van der Waals surface area contributed by atoms with Crippen molar-refractivity contribution in [2.75, 3.05) is 5.32 Å². The molecule has 1 amide bonds. The Balaban J connectivity index is 1.68. The van der Waals surface area contributed by atoms with Crippen LogP contribution in [-0.4, -0.2) is 85.6 Å². The average molecular weight is 442 g/mol. The van der Waals surface area contributed by atoms with Crippen molar-refractivity contribution < 1.29 is 9.53 Å². The predicted molar refractivity (Wildman–Crippen MR) is 158 cm³/mol. The van der Waals surface area contributed by atoms with Gasteiger partial charge < -0.3 is 14.6 Å². The highest BCUT2D eigenvalue weighted by Crippen LogP contribution is 2.21. The van der Waals surface area contributed by atoms with Crippen LogP contribution in [0.1, 0.15) is 10.4 Å². The van der Waals surface area contributed by atoms with Crippen molar-refractivity contribution in [1.29, 1.82) is 0 Å². The van der Waals surface area contributed by atoms with Gasteiger partial charge >= 0.3 is 0 Å². The van der Waals surface area contributed by atoms with Gasteiger partial charge in [-0.2, -0.15) is 0 Å². The van der Waals surface area contributed by atoms with Gasteiger partial charge in [0.05, 0.1) is 29.4 Å². The summed E-state index contributed by atoms with van der Waals surface area (Å²) < 4.78 is 8.14. The van der Waals surface area contributed by atoms with Crippen LogP contribution in [0.25, 0.3) is 22.3 Å². The third-order valence-corrected chi connectivity index (χ3v) is 6.09. The van der Waals surface area contributed by atoms with Crippen LogP contribution in [0.5, 0.6) is 5.75 Å². The highest BCUT2D eigenvalue weighted by Gasteiger charge is 2.23. The highest BCUT2D eigenvalue weighted by atomic mass is 16.5. The maximum Gasteiger partial charge on any atom is 0.255 e. The quantitative estimate of drug-likeness (QED) is 0.311. The van der Waals surface area contributed by atoms with Gasteiger partial charge in [0.2, 0.25) is 0 Å². The minimum absolute atomic E-state index is 0.196. The smallest absolute Gasteiger partial charge is 0.255 e. The third-order valence-electron chi connectivity index (χ3n) is 6.09. The van der Waals surface area contributed by atoms with E-state index < -0.39 is 0 Å². The second kappa shape index (κ2) is 8.82. The summed E-state index contributed by atoms with van der Waals surface area (Å²) >= 11 is 0. The normalized spacial score (nSPS) is 11.4. The molecule has 0 unspecified atom stereocenters. The summed E-state index contributed by atoms with van der Waals surface area (Å²) in [5, 5.41) is 3.54. The maximum absolute atomic E-state index is 13.4. The van der Waals surface area contributed by atoms with E-state index in [9.17, 15) is 4.79 Å². The lowest BCUT2D eigenvalue weighted by Crippen LogP contribution is -2.51. The Hall–Kier alpha value is -3.29. The first-order valence-corrected chi connectivity index (χ1v) is 11.3. The SMILES string of the molecule is Bc1c(B)c(C(=O)Nc2cc3nc(-c4cncn4C)ccc3cn2)c(B)c(B)c1OC(B)(B)B. The molecule has 14 heteroatoms. The number of hydrogen-bond acceptors (Lipinski definition) is 5. The zero-order chi connectivity index (χ0) is 24.8. The molecule has 3 aromatic heterocycles. The van der Waals surface area contributed by atoms with E-state index in [2.05, 4.69) is 15.3 Å². The van der Waals surface area contributed by atoms with Gasteiger partial charge in [0.25, 0.3) is 5.91 Å². The predicted octanol–water partition coefficient (Wildman–Crippen LogP) is -6.79. The van der Waals surface area contributed by atoms with E-state index in [4.69, 9.17) is 9.72 Å². The fourth-order valence-electron chi connectivity index (χ4n) is 4.09. The van der Waals surface area contributed by atoms with E-state index in [0.717, 1.165) is 49.9 Å². The number of anilines is 1. The molecule has 0 aliphatic carbocycles. The molecular weight excluding hydrogens is 418 g/mol. The molecule has 0 bridgehead atoms. The molecule has 1 N–H and O–H groups in total. The van der Waals surface area contributed by atoms with Gasteiger partial charge in [-0.3, -0.25) is 4.79 Å². The van der Waals surface area contributed by atoms with E-state index in [1.165, 1.54) is 0 Å². The summed E-state index contributed by atoms with van der Waals surface area (Å²) in [5.41, 5.74) is 6.86. The van der Waals surface area contributed by atoms with Crippen molar-refractivity contribution in [2.45, 2.75) is 5.30 Å². The Morgan fingerprint density at radius 3 is 2.29 bits per heavy atom. The molecule has 4 aromatic rings. The molecule has 7 nitrogen and oxygen atoms in total. The minimum Gasteiger partial charge on any atom is -0.515 e. The molecule has 162 valence electrons. The summed E-state index contributed by atoms with van der Waals surface area (Å²) in [6, 6.07) is 5.71. The zero-order valence-electron chi connectivity index (χ0n) is 21.1. The van der Waals surface area contributed by atoms with Crippen molar-refractivity contribution in [1.82, 2.24) is 19.5 Å². The fraction of sp³-hybridized carbons (Fsp3) is 0.100. The molecule has 34 heavy (non-hydrogen) atoms.